The van der Waals surface area contributed by atoms with Crippen molar-refractivity contribution in [3.63, 3.8) is 0 Å². The van der Waals surface area contributed by atoms with Crippen molar-refractivity contribution in [3.8, 4) is 11.1 Å². The molecular formula is C25H29N3O2. The van der Waals surface area contributed by atoms with E-state index in [4.69, 9.17) is 0 Å². The van der Waals surface area contributed by atoms with Gasteiger partial charge in [-0.05, 0) is 44.4 Å². The molecule has 0 aliphatic carbocycles. The lowest BCUT2D eigenvalue weighted by Crippen LogP contribution is -2.52. The number of aromatic nitrogens is 1. The van der Waals surface area contributed by atoms with Gasteiger partial charge in [0.15, 0.2) is 0 Å². The molecule has 4 rings (SSSR count). The minimum atomic E-state index is -0.690. The molecule has 156 valence electrons. The SMILES string of the molecule is CCCCNC(=O)C1c2ccccc2-c2c([nH]c3ccccc23)C(=O)N1C(C)(C)C. The van der Waals surface area contributed by atoms with Gasteiger partial charge in [0, 0.05) is 28.6 Å². The maximum Gasteiger partial charge on any atom is 0.272 e. The second-order valence-electron chi connectivity index (χ2n) is 8.90. The first kappa shape index (κ1) is 20.2. The Balaban J connectivity index is 1.98. The predicted octanol–water partition coefficient (Wildman–Crippen LogP) is 5.05. The molecule has 1 aromatic heterocycles. The van der Waals surface area contributed by atoms with Crippen LogP contribution in [0.15, 0.2) is 48.5 Å². The second kappa shape index (κ2) is 7.63. The number of amides is 2. The molecule has 5 heteroatoms. The van der Waals surface area contributed by atoms with Crippen LogP contribution in [0.5, 0.6) is 0 Å². The fourth-order valence-corrected chi connectivity index (χ4v) is 4.36. The standard InChI is InChI=1S/C25H29N3O2/c1-5-6-15-26-23(29)22-17-12-8-7-11-16(17)20-18-13-9-10-14-19(18)27-21(20)24(30)28(22)25(2,3)4/h7-14,22,27H,5-6,15H2,1-4H3,(H,26,29). The smallest absolute Gasteiger partial charge is 0.272 e. The van der Waals surface area contributed by atoms with Crippen LogP contribution < -0.4 is 5.32 Å². The monoisotopic (exact) mass is 403 g/mol. The molecule has 2 heterocycles. The summed E-state index contributed by atoms with van der Waals surface area (Å²) in [6.07, 6.45) is 1.91. The Bertz CT molecular complexity index is 1110. The van der Waals surface area contributed by atoms with Crippen molar-refractivity contribution in [1.29, 1.82) is 0 Å². The number of carbonyl (C=O) groups is 2. The molecule has 0 fully saturated rings. The van der Waals surface area contributed by atoms with Crippen LogP contribution in [0.4, 0.5) is 0 Å². The number of unbranched alkanes of at least 4 members (excludes halogenated alkanes) is 1. The first-order valence-electron chi connectivity index (χ1n) is 10.7. The summed E-state index contributed by atoms with van der Waals surface area (Å²) in [5.41, 5.74) is 3.59. The van der Waals surface area contributed by atoms with E-state index < -0.39 is 11.6 Å². The number of H-pyrrole nitrogens is 1. The molecule has 2 amide bonds. The molecule has 3 aromatic rings. The van der Waals surface area contributed by atoms with Gasteiger partial charge in [0.1, 0.15) is 11.7 Å². The molecule has 1 aliphatic heterocycles. The van der Waals surface area contributed by atoms with Crippen LogP contribution in [0, 0.1) is 0 Å². The summed E-state index contributed by atoms with van der Waals surface area (Å²) >= 11 is 0. The lowest BCUT2D eigenvalue weighted by atomic mass is 9.92. The molecule has 30 heavy (non-hydrogen) atoms. The number of carbonyl (C=O) groups excluding carboxylic acids is 2. The fraction of sp³-hybridized carbons (Fsp3) is 0.360. The van der Waals surface area contributed by atoms with Crippen LogP contribution in [-0.4, -0.2) is 33.8 Å². The van der Waals surface area contributed by atoms with Gasteiger partial charge in [-0.25, -0.2) is 0 Å². The minimum absolute atomic E-state index is 0.131. The van der Waals surface area contributed by atoms with E-state index in [1.165, 1.54) is 0 Å². The van der Waals surface area contributed by atoms with Gasteiger partial charge in [0.05, 0.1) is 0 Å². The van der Waals surface area contributed by atoms with Gasteiger partial charge in [0.2, 0.25) is 5.91 Å². The average molecular weight is 404 g/mol. The van der Waals surface area contributed by atoms with Gasteiger partial charge < -0.3 is 15.2 Å². The number of hydrogen-bond donors (Lipinski definition) is 2. The summed E-state index contributed by atoms with van der Waals surface area (Å²) in [6.45, 7) is 8.64. The summed E-state index contributed by atoms with van der Waals surface area (Å²) in [5.74, 6) is -0.283. The van der Waals surface area contributed by atoms with Crippen molar-refractivity contribution in [2.24, 2.45) is 0 Å². The normalized spacial score (nSPS) is 16.2. The highest BCUT2D eigenvalue weighted by Crippen LogP contribution is 2.44. The number of benzene rings is 2. The number of nitrogens with zero attached hydrogens (tertiary/aromatic N) is 1. The van der Waals surface area contributed by atoms with Crippen molar-refractivity contribution in [1.82, 2.24) is 15.2 Å². The van der Waals surface area contributed by atoms with Crippen LogP contribution in [0.3, 0.4) is 0 Å². The number of rotatable bonds is 4. The second-order valence-corrected chi connectivity index (χ2v) is 8.90. The van der Waals surface area contributed by atoms with E-state index in [1.807, 2.05) is 69.3 Å². The van der Waals surface area contributed by atoms with E-state index in [1.54, 1.807) is 4.90 Å². The summed E-state index contributed by atoms with van der Waals surface area (Å²) in [4.78, 5) is 32.4. The number of fused-ring (bicyclic) bond motifs is 5. The molecule has 2 N–H and O–H groups in total. The molecule has 0 saturated carbocycles. The number of aromatic amines is 1. The van der Waals surface area contributed by atoms with Crippen LogP contribution in [-0.2, 0) is 4.79 Å². The largest absolute Gasteiger partial charge is 0.354 e. The Kier molecular flexibility index (Phi) is 5.14. The van der Waals surface area contributed by atoms with Gasteiger partial charge in [-0.3, -0.25) is 9.59 Å². The molecule has 2 aromatic carbocycles. The van der Waals surface area contributed by atoms with Crippen LogP contribution in [0.1, 0.15) is 62.6 Å². The van der Waals surface area contributed by atoms with Crippen LogP contribution >= 0.6 is 0 Å². The van der Waals surface area contributed by atoms with E-state index >= 15 is 0 Å². The molecule has 5 nitrogen and oxygen atoms in total. The fourth-order valence-electron chi connectivity index (χ4n) is 4.36. The average Bonchev–Trinajstić information content (AvgIpc) is 3.05. The van der Waals surface area contributed by atoms with Crippen molar-refractivity contribution >= 4 is 22.7 Å². The molecule has 0 radical (unpaired) electrons. The zero-order chi connectivity index (χ0) is 21.5. The van der Waals surface area contributed by atoms with Crippen LogP contribution in [0.2, 0.25) is 0 Å². The van der Waals surface area contributed by atoms with Crippen molar-refractivity contribution in [2.75, 3.05) is 6.54 Å². The number of hydrogen-bond acceptors (Lipinski definition) is 2. The Labute approximate surface area is 177 Å². The molecule has 1 atom stereocenters. The minimum Gasteiger partial charge on any atom is -0.354 e. The lowest BCUT2D eigenvalue weighted by molar-refractivity contribution is -0.127. The summed E-state index contributed by atoms with van der Waals surface area (Å²) in [5, 5.41) is 4.05. The quantitative estimate of drug-likeness (QED) is 0.599. The van der Waals surface area contributed by atoms with Crippen molar-refractivity contribution in [3.05, 3.63) is 59.8 Å². The topological polar surface area (TPSA) is 65.2 Å². The maximum absolute atomic E-state index is 13.9. The molecule has 1 aliphatic rings. The highest BCUT2D eigenvalue weighted by atomic mass is 16.2. The van der Waals surface area contributed by atoms with Crippen LogP contribution in [0.25, 0.3) is 22.0 Å². The molecule has 0 spiro atoms. The van der Waals surface area contributed by atoms with E-state index in [0.717, 1.165) is 40.4 Å². The molecule has 1 unspecified atom stereocenters. The summed E-state index contributed by atoms with van der Waals surface area (Å²) in [7, 11) is 0. The third kappa shape index (κ3) is 3.28. The van der Waals surface area contributed by atoms with Crippen molar-refractivity contribution < 1.29 is 9.59 Å². The first-order valence-corrected chi connectivity index (χ1v) is 10.7. The highest BCUT2D eigenvalue weighted by Gasteiger charge is 2.43. The van der Waals surface area contributed by atoms with Gasteiger partial charge in [-0.2, -0.15) is 0 Å². The van der Waals surface area contributed by atoms with Gasteiger partial charge in [-0.1, -0.05) is 55.8 Å². The Morgan fingerprint density at radius 3 is 2.53 bits per heavy atom. The number of nitrogens with one attached hydrogen (secondary N) is 2. The van der Waals surface area contributed by atoms with Gasteiger partial charge in [0.25, 0.3) is 5.91 Å². The predicted molar refractivity (Wildman–Crippen MR) is 120 cm³/mol. The zero-order valence-electron chi connectivity index (χ0n) is 18.1. The maximum atomic E-state index is 13.9. The number of para-hydroxylation sites is 1. The lowest BCUT2D eigenvalue weighted by Gasteiger charge is -2.40. The zero-order valence-corrected chi connectivity index (χ0v) is 18.1. The molecular weight excluding hydrogens is 374 g/mol. The Morgan fingerprint density at radius 1 is 1.10 bits per heavy atom. The third-order valence-electron chi connectivity index (χ3n) is 5.72. The van der Waals surface area contributed by atoms with E-state index in [-0.39, 0.29) is 11.8 Å². The Hall–Kier alpha value is -3.08. The summed E-state index contributed by atoms with van der Waals surface area (Å²) < 4.78 is 0. The van der Waals surface area contributed by atoms with E-state index in [2.05, 4.69) is 17.2 Å². The summed E-state index contributed by atoms with van der Waals surface area (Å²) in [6, 6.07) is 15.1. The molecule has 0 saturated heterocycles. The Morgan fingerprint density at radius 2 is 1.80 bits per heavy atom. The van der Waals surface area contributed by atoms with Gasteiger partial charge in [-0.15, -0.1) is 0 Å². The van der Waals surface area contributed by atoms with Crippen molar-refractivity contribution in [2.45, 2.75) is 52.1 Å². The van der Waals surface area contributed by atoms with E-state index in [0.29, 0.717) is 12.2 Å². The van der Waals surface area contributed by atoms with Gasteiger partial charge >= 0.3 is 0 Å². The molecule has 0 bridgehead atoms. The first-order chi connectivity index (χ1) is 14.3. The highest BCUT2D eigenvalue weighted by molar-refractivity contribution is 6.13. The van der Waals surface area contributed by atoms with E-state index in [9.17, 15) is 9.59 Å². The third-order valence-corrected chi connectivity index (χ3v) is 5.72.